The largest absolute Gasteiger partial charge is 0.348 e. The molecule has 0 bridgehead atoms. The maximum atomic E-state index is 12.9. The molecule has 2 rings (SSSR count). The van der Waals surface area contributed by atoms with Gasteiger partial charge in [0.15, 0.2) is 0 Å². The lowest BCUT2D eigenvalue weighted by atomic mass is 10.1. The fraction of sp³-hybridized carbons (Fsp3) is 0.263. The number of hydrogen-bond donors (Lipinski definition) is 0. The molecule has 0 aliphatic carbocycles. The molecule has 2 aromatic carbocycles. The minimum absolute atomic E-state index is 0.00131. The SMILES string of the molecule is CN(C)C(=O)CSc1ccccc1C(=O)N(C)Cc1ccc(Cl)c(Cl)c1. The Balaban J connectivity index is 2.12. The van der Waals surface area contributed by atoms with Crippen LogP contribution < -0.4 is 0 Å². The van der Waals surface area contributed by atoms with Crippen molar-refractivity contribution in [2.75, 3.05) is 26.9 Å². The highest BCUT2D eigenvalue weighted by atomic mass is 35.5. The van der Waals surface area contributed by atoms with Crippen LogP contribution in [0.25, 0.3) is 0 Å². The first-order valence-corrected chi connectivity index (χ1v) is 9.65. The normalized spacial score (nSPS) is 10.5. The molecule has 0 saturated heterocycles. The predicted octanol–water partition coefficient (Wildman–Crippen LogP) is 4.45. The first kappa shape index (κ1) is 20.6. The highest BCUT2D eigenvalue weighted by molar-refractivity contribution is 8.00. The summed E-state index contributed by atoms with van der Waals surface area (Å²) in [5, 5.41) is 0.944. The van der Waals surface area contributed by atoms with Gasteiger partial charge in [-0.05, 0) is 29.8 Å². The van der Waals surface area contributed by atoms with Crippen LogP contribution in [0.4, 0.5) is 0 Å². The van der Waals surface area contributed by atoms with Crippen LogP contribution in [0.5, 0.6) is 0 Å². The first-order chi connectivity index (χ1) is 12.3. The van der Waals surface area contributed by atoms with E-state index in [1.165, 1.54) is 16.7 Å². The smallest absolute Gasteiger partial charge is 0.255 e. The second-order valence-electron chi connectivity index (χ2n) is 5.98. The number of rotatable bonds is 6. The molecule has 0 unspecified atom stereocenters. The monoisotopic (exact) mass is 410 g/mol. The molecule has 0 radical (unpaired) electrons. The summed E-state index contributed by atoms with van der Waals surface area (Å²) < 4.78 is 0. The molecule has 0 spiro atoms. The van der Waals surface area contributed by atoms with Gasteiger partial charge in [-0.25, -0.2) is 0 Å². The van der Waals surface area contributed by atoms with Gasteiger partial charge < -0.3 is 9.80 Å². The van der Waals surface area contributed by atoms with Crippen molar-refractivity contribution in [3.05, 3.63) is 63.6 Å². The molecule has 0 aliphatic rings. The van der Waals surface area contributed by atoms with Gasteiger partial charge in [0.05, 0.1) is 21.4 Å². The van der Waals surface area contributed by atoms with Crippen LogP contribution in [0.1, 0.15) is 15.9 Å². The van der Waals surface area contributed by atoms with E-state index in [0.29, 0.717) is 22.2 Å². The Hall–Kier alpha value is -1.69. The summed E-state index contributed by atoms with van der Waals surface area (Å²) in [6.07, 6.45) is 0. The van der Waals surface area contributed by atoms with Crippen LogP contribution in [0.3, 0.4) is 0 Å². The summed E-state index contributed by atoms with van der Waals surface area (Å²) in [6, 6.07) is 12.6. The quantitative estimate of drug-likeness (QED) is 0.660. The molecule has 0 atom stereocenters. The van der Waals surface area contributed by atoms with Crippen molar-refractivity contribution in [2.24, 2.45) is 0 Å². The van der Waals surface area contributed by atoms with Crippen molar-refractivity contribution in [1.82, 2.24) is 9.80 Å². The van der Waals surface area contributed by atoms with Gasteiger partial charge in [-0.1, -0.05) is 41.4 Å². The van der Waals surface area contributed by atoms with Gasteiger partial charge in [0.25, 0.3) is 5.91 Å². The Labute approximate surface area is 168 Å². The zero-order valence-corrected chi connectivity index (χ0v) is 17.2. The van der Waals surface area contributed by atoms with Crippen molar-refractivity contribution in [3.63, 3.8) is 0 Å². The van der Waals surface area contributed by atoms with E-state index >= 15 is 0 Å². The Bertz CT molecular complexity index is 812. The number of nitrogens with zero attached hydrogens (tertiary/aromatic N) is 2. The van der Waals surface area contributed by atoms with E-state index in [1.54, 1.807) is 44.2 Å². The first-order valence-electron chi connectivity index (χ1n) is 7.91. The summed E-state index contributed by atoms with van der Waals surface area (Å²) >= 11 is 13.3. The zero-order valence-electron chi connectivity index (χ0n) is 14.8. The van der Waals surface area contributed by atoms with Gasteiger partial charge in [0.1, 0.15) is 0 Å². The molecule has 0 fully saturated rings. The Morgan fingerprint density at radius 3 is 2.35 bits per heavy atom. The minimum Gasteiger partial charge on any atom is -0.348 e. The summed E-state index contributed by atoms with van der Waals surface area (Å²) in [4.78, 5) is 28.6. The van der Waals surface area contributed by atoms with Crippen LogP contribution >= 0.6 is 35.0 Å². The van der Waals surface area contributed by atoms with E-state index in [4.69, 9.17) is 23.2 Å². The number of carbonyl (C=O) groups excluding carboxylic acids is 2. The van der Waals surface area contributed by atoms with Gasteiger partial charge >= 0.3 is 0 Å². The summed E-state index contributed by atoms with van der Waals surface area (Å²) in [7, 11) is 5.16. The van der Waals surface area contributed by atoms with E-state index in [9.17, 15) is 9.59 Å². The zero-order chi connectivity index (χ0) is 19.3. The van der Waals surface area contributed by atoms with Crippen LogP contribution in [-0.4, -0.2) is 48.5 Å². The molecule has 2 aromatic rings. The number of benzene rings is 2. The fourth-order valence-corrected chi connectivity index (χ4v) is 3.57. The van der Waals surface area contributed by atoms with E-state index in [1.807, 2.05) is 24.3 Å². The van der Waals surface area contributed by atoms with Crippen LogP contribution in [0, 0.1) is 0 Å². The molecule has 26 heavy (non-hydrogen) atoms. The van der Waals surface area contributed by atoms with Gasteiger partial charge in [-0.15, -0.1) is 11.8 Å². The summed E-state index contributed by atoms with van der Waals surface area (Å²) in [5.41, 5.74) is 1.47. The number of hydrogen-bond acceptors (Lipinski definition) is 3. The highest BCUT2D eigenvalue weighted by Gasteiger charge is 2.17. The van der Waals surface area contributed by atoms with Gasteiger partial charge in [-0.2, -0.15) is 0 Å². The molecule has 0 aromatic heterocycles. The fourth-order valence-electron chi connectivity index (χ4n) is 2.23. The maximum Gasteiger partial charge on any atom is 0.255 e. The van der Waals surface area contributed by atoms with Crippen LogP contribution in [0.15, 0.2) is 47.4 Å². The van der Waals surface area contributed by atoms with E-state index in [-0.39, 0.29) is 17.6 Å². The molecule has 2 amide bonds. The van der Waals surface area contributed by atoms with Crippen molar-refractivity contribution in [2.45, 2.75) is 11.4 Å². The Kier molecular flexibility index (Phi) is 7.38. The Morgan fingerprint density at radius 1 is 1.00 bits per heavy atom. The van der Waals surface area contributed by atoms with Crippen molar-refractivity contribution in [1.29, 1.82) is 0 Å². The third kappa shape index (κ3) is 5.40. The molecule has 0 aliphatic heterocycles. The third-order valence-electron chi connectivity index (χ3n) is 3.72. The van der Waals surface area contributed by atoms with E-state index < -0.39 is 0 Å². The summed E-state index contributed by atoms with van der Waals surface area (Å²) in [5.74, 6) is 0.172. The molecule has 0 N–H and O–H groups in total. The average Bonchev–Trinajstić information content (AvgIpc) is 2.62. The second kappa shape index (κ2) is 9.31. The Morgan fingerprint density at radius 2 is 1.69 bits per heavy atom. The number of carbonyl (C=O) groups is 2. The second-order valence-corrected chi connectivity index (χ2v) is 7.81. The molecular weight excluding hydrogens is 391 g/mol. The van der Waals surface area contributed by atoms with Crippen molar-refractivity contribution in [3.8, 4) is 0 Å². The molecular formula is C19H20Cl2N2O2S. The van der Waals surface area contributed by atoms with Crippen molar-refractivity contribution >= 4 is 46.8 Å². The molecule has 0 saturated carbocycles. The number of thioether (sulfide) groups is 1. The maximum absolute atomic E-state index is 12.9. The van der Waals surface area contributed by atoms with Gasteiger partial charge in [0, 0.05) is 32.6 Å². The van der Waals surface area contributed by atoms with E-state index in [0.717, 1.165) is 10.5 Å². The standard InChI is InChI=1S/C19H20Cl2N2O2S/c1-22(2)18(24)12-26-17-7-5-4-6-14(17)19(25)23(3)11-13-8-9-15(20)16(21)10-13/h4-10H,11-12H2,1-3H3. The van der Waals surface area contributed by atoms with Crippen LogP contribution in [0.2, 0.25) is 10.0 Å². The average molecular weight is 411 g/mol. The highest BCUT2D eigenvalue weighted by Crippen LogP contribution is 2.26. The summed E-state index contributed by atoms with van der Waals surface area (Å²) in [6.45, 7) is 0.408. The lowest BCUT2D eigenvalue weighted by Crippen LogP contribution is -2.27. The lowest BCUT2D eigenvalue weighted by molar-refractivity contribution is -0.125. The third-order valence-corrected chi connectivity index (χ3v) is 5.52. The van der Waals surface area contributed by atoms with Crippen molar-refractivity contribution < 1.29 is 9.59 Å². The predicted molar refractivity (Wildman–Crippen MR) is 108 cm³/mol. The topological polar surface area (TPSA) is 40.6 Å². The van der Waals surface area contributed by atoms with Gasteiger partial charge in [0.2, 0.25) is 5.91 Å². The van der Waals surface area contributed by atoms with Gasteiger partial charge in [-0.3, -0.25) is 9.59 Å². The van der Waals surface area contributed by atoms with E-state index in [2.05, 4.69) is 0 Å². The minimum atomic E-state index is -0.114. The molecule has 7 heteroatoms. The number of halogens is 2. The molecule has 4 nitrogen and oxygen atoms in total. The molecule has 138 valence electrons. The molecule has 0 heterocycles. The lowest BCUT2D eigenvalue weighted by Gasteiger charge is -2.19. The van der Waals surface area contributed by atoms with Crippen LogP contribution in [-0.2, 0) is 11.3 Å². The number of amides is 2.